The van der Waals surface area contributed by atoms with Crippen LogP contribution in [0.3, 0.4) is 0 Å². The van der Waals surface area contributed by atoms with Crippen LogP contribution in [0.2, 0.25) is 0 Å². The van der Waals surface area contributed by atoms with Crippen LogP contribution in [0, 0.1) is 11.8 Å². The number of rotatable bonds is 4. The number of aliphatic hydroxyl groups is 1. The van der Waals surface area contributed by atoms with Gasteiger partial charge in [0.2, 0.25) is 0 Å². The third-order valence-corrected chi connectivity index (χ3v) is 3.61. The Kier molecular flexibility index (Phi) is 6.37. The fraction of sp³-hybridized carbons (Fsp3) is 0.812. The Morgan fingerprint density at radius 2 is 1.90 bits per heavy atom. The van der Waals surface area contributed by atoms with Gasteiger partial charge in [0.05, 0.1) is 5.76 Å². The lowest BCUT2D eigenvalue weighted by Gasteiger charge is -2.28. The molecule has 1 fully saturated rings. The zero-order chi connectivity index (χ0) is 15.2. The molecule has 0 atom stereocenters. The molecule has 1 amide bonds. The highest BCUT2D eigenvalue weighted by molar-refractivity contribution is 5.67. The summed E-state index contributed by atoms with van der Waals surface area (Å²) in [7, 11) is 0. The van der Waals surface area contributed by atoms with Crippen molar-refractivity contribution in [2.45, 2.75) is 65.4 Å². The summed E-state index contributed by atoms with van der Waals surface area (Å²) in [5.41, 5.74) is -0.446. The molecule has 4 heteroatoms. The van der Waals surface area contributed by atoms with Gasteiger partial charge in [0.25, 0.3) is 0 Å². The van der Waals surface area contributed by atoms with Crippen molar-refractivity contribution in [3.05, 3.63) is 11.8 Å². The highest BCUT2D eigenvalue weighted by Crippen LogP contribution is 2.32. The Labute approximate surface area is 122 Å². The van der Waals surface area contributed by atoms with E-state index in [0.29, 0.717) is 24.1 Å². The van der Waals surface area contributed by atoms with E-state index >= 15 is 0 Å². The number of amides is 1. The zero-order valence-electron chi connectivity index (χ0n) is 13.2. The second kappa shape index (κ2) is 7.55. The van der Waals surface area contributed by atoms with Gasteiger partial charge in [-0.2, -0.15) is 0 Å². The highest BCUT2D eigenvalue weighted by Gasteiger charge is 2.24. The fourth-order valence-corrected chi connectivity index (χ4v) is 2.58. The largest absolute Gasteiger partial charge is 0.512 e. The average molecular weight is 283 g/mol. The van der Waals surface area contributed by atoms with Gasteiger partial charge >= 0.3 is 6.09 Å². The van der Waals surface area contributed by atoms with Gasteiger partial charge in [-0.15, -0.1) is 0 Å². The predicted molar refractivity (Wildman–Crippen MR) is 80.7 cm³/mol. The Bertz CT molecular complexity index is 336. The van der Waals surface area contributed by atoms with Gasteiger partial charge in [0.15, 0.2) is 0 Å². The first kappa shape index (κ1) is 16.9. The lowest BCUT2D eigenvalue weighted by atomic mass is 9.81. The number of alkyl carbamates (subject to hydrolysis) is 1. The van der Waals surface area contributed by atoms with E-state index in [4.69, 9.17) is 4.74 Å². The molecule has 4 nitrogen and oxygen atoms in total. The molecule has 20 heavy (non-hydrogen) atoms. The first-order chi connectivity index (χ1) is 9.31. The molecule has 0 spiro atoms. The van der Waals surface area contributed by atoms with Crippen molar-refractivity contribution in [2.75, 3.05) is 6.54 Å². The van der Waals surface area contributed by atoms with E-state index < -0.39 is 5.60 Å². The smallest absolute Gasteiger partial charge is 0.407 e. The van der Waals surface area contributed by atoms with Crippen molar-refractivity contribution < 1.29 is 14.6 Å². The maximum Gasteiger partial charge on any atom is 0.407 e. The molecule has 0 unspecified atom stereocenters. The summed E-state index contributed by atoms with van der Waals surface area (Å²) in [5, 5.41) is 12.7. The van der Waals surface area contributed by atoms with Crippen molar-refractivity contribution in [1.82, 2.24) is 5.32 Å². The van der Waals surface area contributed by atoms with Gasteiger partial charge < -0.3 is 15.2 Å². The molecule has 0 bridgehead atoms. The molecule has 1 saturated carbocycles. The van der Waals surface area contributed by atoms with Crippen molar-refractivity contribution in [1.29, 1.82) is 0 Å². The molecule has 116 valence electrons. The second-order valence-corrected chi connectivity index (χ2v) is 6.64. The number of carbonyl (C=O) groups is 1. The minimum Gasteiger partial charge on any atom is -0.512 e. The lowest BCUT2D eigenvalue weighted by molar-refractivity contribution is 0.0513. The van der Waals surface area contributed by atoms with Crippen LogP contribution in [0.15, 0.2) is 11.8 Å². The number of nitrogens with one attached hydrogen (secondary N) is 1. The minimum atomic E-state index is -0.446. The molecule has 1 aliphatic rings. The van der Waals surface area contributed by atoms with Crippen molar-refractivity contribution in [2.24, 2.45) is 11.8 Å². The van der Waals surface area contributed by atoms with Crippen molar-refractivity contribution in [3.8, 4) is 0 Å². The van der Waals surface area contributed by atoms with E-state index in [1.54, 1.807) is 0 Å². The predicted octanol–water partition coefficient (Wildman–Crippen LogP) is 4.17. The Morgan fingerprint density at radius 1 is 1.30 bits per heavy atom. The summed E-state index contributed by atoms with van der Waals surface area (Å²) < 4.78 is 5.22. The molecule has 0 radical (unpaired) electrons. The number of aliphatic hydroxyl groups excluding tert-OH is 1. The number of ether oxygens (including phenoxy) is 1. The van der Waals surface area contributed by atoms with E-state index in [1.807, 2.05) is 33.8 Å². The normalized spacial score (nSPS) is 24.3. The van der Waals surface area contributed by atoms with Crippen molar-refractivity contribution in [3.63, 3.8) is 0 Å². The summed E-state index contributed by atoms with van der Waals surface area (Å²) in [6.45, 7) is 8.29. The third kappa shape index (κ3) is 6.31. The quantitative estimate of drug-likeness (QED) is 0.761. The molecule has 0 aliphatic heterocycles. The van der Waals surface area contributed by atoms with Crippen LogP contribution >= 0.6 is 0 Å². The van der Waals surface area contributed by atoms with Crippen LogP contribution in [0.1, 0.15) is 59.8 Å². The standard InChI is InChI=1S/C16H29NO3/c1-5-6-14(18)13-9-7-12(8-10-13)11-17-15(19)20-16(2,3)4/h6,12-13,18H,5,7-11H2,1-4H3,(H,17,19)/b14-6-. The molecule has 1 aliphatic carbocycles. The van der Waals surface area contributed by atoms with Gasteiger partial charge in [-0.05, 0) is 64.9 Å². The summed E-state index contributed by atoms with van der Waals surface area (Å²) in [5.74, 6) is 1.35. The van der Waals surface area contributed by atoms with Crippen LogP contribution in [-0.2, 0) is 4.74 Å². The van der Waals surface area contributed by atoms with Gasteiger partial charge in [0.1, 0.15) is 5.60 Å². The molecular weight excluding hydrogens is 254 g/mol. The van der Waals surface area contributed by atoms with Gasteiger partial charge in [-0.25, -0.2) is 4.79 Å². The zero-order valence-corrected chi connectivity index (χ0v) is 13.2. The third-order valence-electron chi connectivity index (χ3n) is 3.61. The van der Waals surface area contributed by atoms with Crippen LogP contribution in [-0.4, -0.2) is 23.3 Å². The maximum absolute atomic E-state index is 11.6. The Balaban J connectivity index is 2.26. The SMILES string of the molecule is CC/C=C(\O)C1CCC(CNC(=O)OC(C)(C)C)CC1. The summed E-state index contributed by atoms with van der Waals surface area (Å²) in [6.07, 6.45) is 6.54. The summed E-state index contributed by atoms with van der Waals surface area (Å²) in [6, 6.07) is 0. The molecular formula is C16H29NO3. The maximum atomic E-state index is 11.6. The van der Waals surface area contributed by atoms with Crippen LogP contribution < -0.4 is 5.32 Å². The molecule has 0 aromatic carbocycles. The van der Waals surface area contributed by atoms with Crippen LogP contribution in [0.5, 0.6) is 0 Å². The molecule has 0 saturated heterocycles. The summed E-state index contributed by atoms with van der Waals surface area (Å²) >= 11 is 0. The first-order valence-electron chi connectivity index (χ1n) is 7.67. The van der Waals surface area contributed by atoms with Crippen molar-refractivity contribution >= 4 is 6.09 Å². The van der Waals surface area contributed by atoms with Gasteiger partial charge in [0, 0.05) is 12.5 Å². The molecule has 2 N–H and O–H groups in total. The van der Waals surface area contributed by atoms with E-state index in [-0.39, 0.29) is 6.09 Å². The lowest BCUT2D eigenvalue weighted by Crippen LogP contribution is -2.36. The Hall–Kier alpha value is -1.19. The van der Waals surface area contributed by atoms with E-state index in [9.17, 15) is 9.90 Å². The highest BCUT2D eigenvalue weighted by atomic mass is 16.6. The first-order valence-corrected chi connectivity index (χ1v) is 7.67. The topological polar surface area (TPSA) is 58.6 Å². The molecule has 0 heterocycles. The average Bonchev–Trinajstić information content (AvgIpc) is 2.35. The number of hydrogen-bond acceptors (Lipinski definition) is 3. The van der Waals surface area contributed by atoms with Gasteiger partial charge in [-0.1, -0.05) is 6.92 Å². The minimum absolute atomic E-state index is 0.313. The van der Waals surface area contributed by atoms with E-state index in [2.05, 4.69) is 5.32 Å². The molecule has 1 rings (SSSR count). The fourth-order valence-electron chi connectivity index (χ4n) is 2.58. The monoisotopic (exact) mass is 283 g/mol. The van der Waals surface area contributed by atoms with E-state index in [1.165, 1.54) is 0 Å². The second-order valence-electron chi connectivity index (χ2n) is 6.64. The van der Waals surface area contributed by atoms with Crippen LogP contribution in [0.25, 0.3) is 0 Å². The van der Waals surface area contributed by atoms with Gasteiger partial charge in [-0.3, -0.25) is 0 Å². The number of hydrogen-bond donors (Lipinski definition) is 2. The number of carbonyl (C=O) groups excluding carboxylic acids is 1. The molecule has 0 aromatic heterocycles. The summed E-state index contributed by atoms with van der Waals surface area (Å²) in [4.78, 5) is 11.6. The molecule has 0 aromatic rings. The Morgan fingerprint density at radius 3 is 2.40 bits per heavy atom. The van der Waals surface area contributed by atoms with E-state index in [0.717, 1.165) is 32.1 Å². The number of allylic oxidation sites excluding steroid dienone is 2. The van der Waals surface area contributed by atoms with Crippen LogP contribution in [0.4, 0.5) is 4.79 Å².